The second kappa shape index (κ2) is 6.83. The zero-order valence-corrected chi connectivity index (χ0v) is 14.6. The molecular weight excluding hydrogens is 304 g/mol. The van der Waals surface area contributed by atoms with Crippen LogP contribution in [0.25, 0.3) is 11.1 Å². The van der Waals surface area contributed by atoms with Gasteiger partial charge in [0.15, 0.2) is 5.78 Å². The van der Waals surface area contributed by atoms with Gasteiger partial charge in [0.2, 0.25) is 0 Å². The Morgan fingerprint density at radius 3 is 2.42 bits per heavy atom. The molecular formula is C19H22N2O3. The number of benzene rings is 1. The third kappa shape index (κ3) is 4.65. The average molecular weight is 326 g/mol. The topological polar surface area (TPSA) is 68.3 Å². The second-order valence-electron chi connectivity index (χ2n) is 6.67. The van der Waals surface area contributed by atoms with E-state index in [1.165, 1.54) is 6.92 Å². The minimum absolute atomic E-state index is 0.206. The first-order valence-corrected chi connectivity index (χ1v) is 7.74. The van der Waals surface area contributed by atoms with Crippen molar-refractivity contribution in [2.75, 3.05) is 5.32 Å². The quantitative estimate of drug-likeness (QED) is 0.837. The Labute approximate surface area is 142 Å². The summed E-state index contributed by atoms with van der Waals surface area (Å²) in [6.45, 7) is 8.75. The fraction of sp³-hybridized carbons (Fsp3) is 0.316. The molecule has 126 valence electrons. The number of carbonyl (C=O) groups is 2. The van der Waals surface area contributed by atoms with Gasteiger partial charge in [-0.25, -0.2) is 4.79 Å². The van der Waals surface area contributed by atoms with Crippen LogP contribution in [0.4, 0.5) is 10.5 Å². The summed E-state index contributed by atoms with van der Waals surface area (Å²) < 4.78 is 5.25. The number of Topliss-reactive ketones (excluding diaryl/α,β-unsaturated/α-hetero) is 1. The van der Waals surface area contributed by atoms with Gasteiger partial charge in [0, 0.05) is 18.7 Å². The molecule has 1 heterocycles. The number of carbonyl (C=O) groups excluding carboxylic acids is 2. The van der Waals surface area contributed by atoms with Gasteiger partial charge in [0.25, 0.3) is 0 Å². The predicted molar refractivity (Wildman–Crippen MR) is 94.3 cm³/mol. The molecule has 24 heavy (non-hydrogen) atoms. The molecule has 1 aromatic carbocycles. The smallest absolute Gasteiger partial charge is 0.412 e. The minimum Gasteiger partial charge on any atom is -0.444 e. The van der Waals surface area contributed by atoms with Crippen molar-refractivity contribution in [1.82, 2.24) is 4.98 Å². The number of aryl methyl sites for hydroxylation is 1. The van der Waals surface area contributed by atoms with Crippen molar-refractivity contribution in [3.63, 3.8) is 0 Å². The molecule has 0 saturated carbocycles. The lowest BCUT2D eigenvalue weighted by atomic mass is 10.0. The van der Waals surface area contributed by atoms with Crippen LogP contribution in [0.5, 0.6) is 0 Å². The molecule has 0 aliphatic carbocycles. The van der Waals surface area contributed by atoms with E-state index in [2.05, 4.69) is 10.3 Å². The average Bonchev–Trinajstić information content (AvgIpc) is 2.44. The zero-order valence-electron chi connectivity index (χ0n) is 14.6. The SMILES string of the molecule is CC(=O)c1ncc(-c2cccc(C)c2)cc1NC(=O)OC(C)(C)C. The minimum atomic E-state index is -0.623. The van der Waals surface area contributed by atoms with Gasteiger partial charge in [0.1, 0.15) is 11.3 Å². The lowest BCUT2D eigenvalue weighted by molar-refractivity contribution is 0.0636. The van der Waals surface area contributed by atoms with Crippen molar-refractivity contribution < 1.29 is 14.3 Å². The third-order valence-electron chi connectivity index (χ3n) is 3.21. The molecule has 0 fully saturated rings. The van der Waals surface area contributed by atoms with E-state index in [-0.39, 0.29) is 11.5 Å². The Hall–Kier alpha value is -2.69. The highest BCUT2D eigenvalue weighted by atomic mass is 16.6. The maximum Gasteiger partial charge on any atom is 0.412 e. The normalized spacial score (nSPS) is 11.0. The molecule has 2 rings (SSSR count). The van der Waals surface area contributed by atoms with Crippen LogP contribution in [0.1, 0.15) is 43.7 Å². The molecule has 0 saturated heterocycles. The molecule has 0 atom stereocenters. The van der Waals surface area contributed by atoms with E-state index in [0.29, 0.717) is 5.69 Å². The highest BCUT2D eigenvalue weighted by molar-refractivity contribution is 6.01. The molecule has 0 bridgehead atoms. The van der Waals surface area contributed by atoms with Crippen LogP contribution in [0.2, 0.25) is 0 Å². The number of nitrogens with zero attached hydrogens (tertiary/aromatic N) is 1. The fourth-order valence-corrected chi connectivity index (χ4v) is 2.24. The fourth-order valence-electron chi connectivity index (χ4n) is 2.24. The first kappa shape index (κ1) is 17.7. The van der Waals surface area contributed by atoms with Crippen molar-refractivity contribution in [1.29, 1.82) is 0 Å². The van der Waals surface area contributed by atoms with Gasteiger partial charge >= 0.3 is 6.09 Å². The van der Waals surface area contributed by atoms with Gasteiger partial charge in [-0.1, -0.05) is 29.8 Å². The molecule has 1 aromatic heterocycles. The van der Waals surface area contributed by atoms with E-state index in [1.807, 2.05) is 31.2 Å². The standard InChI is InChI=1S/C19H22N2O3/c1-12-7-6-8-14(9-12)15-10-16(17(13(2)22)20-11-15)21-18(23)24-19(3,4)5/h6-11H,1-5H3,(H,21,23). The molecule has 0 unspecified atom stereocenters. The maximum absolute atomic E-state index is 12.0. The van der Waals surface area contributed by atoms with E-state index in [1.54, 1.807) is 33.0 Å². The number of aromatic nitrogens is 1. The van der Waals surface area contributed by atoms with Gasteiger partial charge in [-0.05, 0) is 39.3 Å². The number of ketones is 1. The summed E-state index contributed by atoms with van der Waals surface area (Å²) in [6, 6.07) is 9.66. The van der Waals surface area contributed by atoms with Crippen molar-refractivity contribution in [2.24, 2.45) is 0 Å². The van der Waals surface area contributed by atoms with E-state index in [0.717, 1.165) is 16.7 Å². The van der Waals surface area contributed by atoms with Crippen molar-refractivity contribution in [3.8, 4) is 11.1 Å². The van der Waals surface area contributed by atoms with Crippen molar-refractivity contribution >= 4 is 17.6 Å². The Morgan fingerprint density at radius 2 is 1.83 bits per heavy atom. The van der Waals surface area contributed by atoms with Crippen LogP contribution in [-0.2, 0) is 4.74 Å². The maximum atomic E-state index is 12.0. The molecule has 5 heteroatoms. The monoisotopic (exact) mass is 326 g/mol. The van der Waals surface area contributed by atoms with E-state index in [9.17, 15) is 9.59 Å². The number of anilines is 1. The first-order valence-electron chi connectivity index (χ1n) is 7.74. The molecule has 0 aliphatic rings. The van der Waals surface area contributed by atoms with Crippen LogP contribution >= 0.6 is 0 Å². The molecule has 0 radical (unpaired) electrons. The van der Waals surface area contributed by atoms with Gasteiger partial charge < -0.3 is 4.74 Å². The molecule has 2 aromatic rings. The third-order valence-corrected chi connectivity index (χ3v) is 3.21. The number of hydrogen-bond donors (Lipinski definition) is 1. The molecule has 1 amide bonds. The lowest BCUT2D eigenvalue weighted by Gasteiger charge is -2.20. The molecule has 5 nitrogen and oxygen atoms in total. The summed E-state index contributed by atoms with van der Waals surface area (Å²) in [5, 5.41) is 2.63. The van der Waals surface area contributed by atoms with Gasteiger partial charge in [-0.3, -0.25) is 15.1 Å². The Kier molecular flexibility index (Phi) is 5.02. The summed E-state index contributed by atoms with van der Waals surface area (Å²) in [5.74, 6) is -0.225. The summed E-state index contributed by atoms with van der Waals surface area (Å²) >= 11 is 0. The largest absolute Gasteiger partial charge is 0.444 e. The number of pyridine rings is 1. The summed E-state index contributed by atoms with van der Waals surface area (Å²) in [4.78, 5) is 28.0. The van der Waals surface area contributed by atoms with Crippen LogP contribution in [0, 0.1) is 6.92 Å². The summed E-state index contributed by atoms with van der Waals surface area (Å²) in [7, 11) is 0. The van der Waals surface area contributed by atoms with Gasteiger partial charge in [0.05, 0.1) is 5.69 Å². The summed E-state index contributed by atoms with van der Waals surface area (Å²) in [5.41, 5.74) is 2.82. The zero-order chi connectivity index (χ0) is 17.9. The van der Waals surface area contributed by atoms with E-state index in [4.69, 9.17) is 4.74 Å². The lowest BCUT2D eigenvalue weighted by Crippen LogP contribution is -2.27. The molecule has 0 spiro atoms. The van der Waals surface area contributed by atoms with Crippen LogP contribution in [-0.4, -0.2) is 22.5 Å². The number of amides is 1. The second-order valence-corrected chi connectivity index (χ2v) is 6.67. The number of ether oxygens (including phenoxy) is 1. The van der Waals surface area contributed by atoms with Crippen molar-refractivity contribution in [3.05, 3.63) is 47.8 Å². The van der Waals surface area contributed by atoms with E-state index >= 15 is 0 Å². The predicted octanol–water partition coefficient (Wildman–Crippen LogP) is 4.61. The van der Waals surface area contributed by atoms with Crippen molar-refractivity contribution in [2.45, 2.75) is 40.2 Å². The first-order chi connectivity index (χ1) is 11.2. The molecule has 0 aliphatic heterocycles. The highest BCUT2D eigenvalue weighted by Gasteiger charge is 2.19. The Morgan fingerprint density at radius 1 is 1.12 bits per heavy atom. The Bertz CT molecular complexity index is 776. The Balaban J connectivity index is 2.38. The molecule has 1 N–H and O–H groups in total. The summed E-state index contributed by atoms with van der Waals surface area (Å²) in [6.07, 6.45) is 1.01. The number of hydrogen-bond acceptors (Lipinski definition) is 4. The highest BCUT2D eigenvalue weighted by Crippen LogP contribution is 2.25. The van der Waals surface area contributed by atoms with Crippen LogP contribution in [0.3, 0.4) is 0 Å². The van der Waals surface area contributed by atoms with Gasteiger partial charge in [-0.2, -0.15) is 0 Å². The van der Waals surface area contributed by atoms with Crippen LogP contribution in [0.15, 0.2) is 36.5 Å². The van der Waals surface area contributed by atoms with E-state index < -0.39 is 11.7 Å². The number of nitrogens with one attached hydrogen (secondary N) is 1. The number of rotatable bonds is 3. The van der Waals surface area contributed by atoms with Gasteiger partial charge in [-0.15, -0.1) is 0 Å². The van der Waals surface area contributed by atoms with Crippen LogP contribution < -0.4 is 5.32 Å².